The van der Waals surface area contributed by atoms with E-state index in [-0.39, 0.29) is 17.1 Å². The van der Waals surface area contributed by atoms with Crippen LogP contribution in [0.1, 0.15) is 17.5 Å². The second kappa shape index (κ2) is 9.09. The second-order valence-electron chi connectivity index (χ2n) is 7.33. The molecule has 1 N–H and O–H groups in total. The Kier molecular flexibility index (Phi) is 6.41. The number of para-hydroxylation sites is 1. The molecule has 3 aromatic rings. The van der Waals surface area contributed by atoms with E-state index < -0.39 is 14.9 Å². The van der Waals surface area contributed by atoms with Crippen LogP contribution in [0.25, 0.3) is 0 Å². The van der Waals surface area contributed by atoms with Crippen LogP contribution in [-0.2, 0) is 23.0 Å². The van der Waals surface area contributed by atoms with Gasteiger partial charge in [-0.2, -0.15) is 0 Å². The number of anilines is 2. The van der Waals surface area contributed by atoms with Crippen molar-refractivity contribution < 1.29 is 13.3 Å². The number of nitrogens with one attached hydrogen (secondary N) is 1. The zero-order valence-corrected chi connectivity index (χ0v) is 20.0. The molecule has 10 heteroatoms. The maximum Gasteiger partial charge on any atom is 0.275 e. The lowest BCUT2D eigenvalue weighted by Crippen LogP contribution is -2.35. The molecule has 32 heavy (non-hydrogen) atoms. The molecular weight excluding hydrogens is 518 g/mol. The summed E-state index contributed by atoms with van der Waals surface area (Å²) in [7, 11) is -3.80. The molecule has 7 nitrogen and oxygen atoms in total. The molecule has 1 heterocycles. The summed E-state index contributed by atoms with van der Waals surface area (Å²) >= 11 is 9.53. The molecular formula is C22H19BrClN3O4S. The fourth-order valence-corrected chi connectivity index (χ4v) is 5.82. The fraction of sp³-hybridized carbons (Fsp3) is 0.182. The van der Waals surface area contributed by atoms with Gasteiger partial charge >= 0.3 is 0 Å². The van der Waals surface area contributed by atoms with E-state index in [4.69, 9.17) is 11.6 Å². The lowest BCUT2D eigenvalue weighted by molar-refractivity contribution is -0.385. The van der Waals surface area contributed by atoms with Crippen LogP contribution < -0.4 is 9.62 Å². The van der Waals surface area contributed by atoms with Crippen LogP contribution in [0.15, 0.2) is 70.0 Å². The number of nitrogens with zero attached hydrogens (tertiary/aromatic N) is 2. The van der Waals surface area contributed by atoms with E-state index in [9.17, 15) is 18.5 Å². The molecule has 1 aliphatic heterocycles. The van der Waals surface area contributed by atoms with E-state index >= 15 is 0 Å². The Bertz CT molecular complexity index is 1300. The van der Waals surface area contributed by atoms with Crippen molar-refractivity contribution >= 4 is 54.6 Å². The van der Waals surface area contributed by atoms with Crippen LogP contribution in [0.4, 0.5) is 17.1 Å². The van der Waals surface area contributed by atoms with Gasteiger partial charge in [-0.1, -0.05) is 45.7 Å². The minimum Gasteiger partial charge on any atom is -0.379 e. The minimum absolute atomic E-state index is 0.0447. The van der Waals surface area contributed by atoms with Crippen molar-refractivity contribution in [2.45, 2.75) is 24.3 Å². The third-order valence-electron chi connectivity index (χ3n) is 5.31. The maximum absolute atomic E-state index is 13.4. The Balaban J connectivity index is 1.63. The van der Waals surface area contributed by atoms with Crippen LogP contribution >= 0.6 is 27.5 Å². The molecule has 0 atom stereocenters. The first-order chi connectivity index (χ1) is 15.3. The molecule has 1 aliphatic rings. The minimum atomic E-state index is -3.80. The van der Waals surface area contributed by atoms with Gasteiger partial charge in [-0.05, 0) is 54.8 Å². The van der Waals surface area contributed by atoms with E-state index in [1.165, 1.54) is 28.6 Å². The molecule has 0 bridgehead atoms. The molecule has 0 saturated carbocycles. The predicted molar refractivity (Wildman–Crippen MR) is 129 cm³/mol. The number of nitro benzene ring substituents is 1. The number of rotatable bonds is 6. The van der Waals surface area contributed by atoms with Gasteiger partial charge < -0.3 is 5.32 Å². The zero-order valence-electron chi connectivity index (χ0n) is 16.8. The first-order valence-corrected chi connectivity index (χ1v) is 12.5. The SMILES string of the molecule is O=[N+]([O-])c1cc(Br)ccc1CNc1cc(S(=O)(=O)N2CCCc3ccccc32)ccc1Cl. The Morgan fingerprint density at radius 3 is 2.69 bits per heavy atom. The molecule has 0 saturated heterocycles. The monoisotopic (exact) mass is 535 g/mol. The van der Waals surface area contributed by atoms with Crippen molar-refractivity contribution in [1.29, 1.82) is 0 Å². The van der Waals surface area contributed by atoms with Gasteiger partial charge in [-0.25, -0.2) is 8.42 Å². The van der Waals surface area contributed by atoms with Crippen molar-refractivity contribution in [2.24, 2.45) is 0 Å². The highest BCUT2D eigenvalue weighted by molar-refractivity contribution is 9.10. The third-order valence-corrected chi connectivity index (χ3v) is 7.94. The Labute approximate surface area is 199 Å². The lowest BCUT2D eigenvalue weighted by atomic mass is 10.0. The normalized spacial score (nSPS) is 13.5. The smallest absolute Gasteiger partial charge is 0.275 e. The van der Waals surface area contributed by atoms with Gasteiger partial charge in [-0.3, -0.25) is 14.4 Å². The standard InChI is InChI=1S/C22H19BrClN3O4S/c23-17-8-7-16(22(12-17)27(28)29)14-25-20-13-18(9-10-19(20)24)32(30,31)26-11-3-5-15-4-1-2-6-21(15)26/h1-2,4,6-10,12-13,25H,3,5,11,14H2. The average molecular weight is 537 g/mol. The zero-order chi connectivity index (χ0) is 22.9. The average Bonchev–Trinajstić information content (AvgIpc) is 2.78. The highest BCUT2D eigenvalue weighted by Crippen LogP contribution is 2.34. The number of benzene rings is 3. The fourth-order valence-electron chi connectivity index (χ4n) is 3.72. The van der Waals surface area contributed by atoms with Gasteiger partial charge in [0.25, 0.3) is 15.7 Å². The highest BCUT2D eigenvalue weighted by atomic mass is 79.9. The summed E-state index contributed by atoms with van der Waals surface area (Å²) in [6.45, 7) is 0.509. The predicted octanol–water partition coefficient (Wildman–Crippen LogP) is 5.76. The highest BCUT2D eigenvalue weighted by Gasteiger charge is 2.29. The number of sulfonamides is 1. The number of halogens is 2. The van der Waals surface area contributed by atoms with E-state index in [2.05, 4.69) is 21.2 Å². The number of nitro groups is 1. The van der Waals surface area contributed by atoms with Gasteiger partial charge in [0.2, 0.25) is 0 Å². The molecule has 166 valence electrons. The summed E-state index contributed by atoms with van der Waals surface area (Å²) in [5.74, 6) is 0. The number of aryl methyl sites for hydroxylation is 1. The number of hydrogen-bond acceptors (Lipinski definition) is 5. The quantitative estimate of drug-likeness (QED) is 0.319. The van der Waals surface area contributed by atoms with Gasteiger partial charge in [-0.15, -0.1) is 0 Å². The largest absolute Gasteiger partial charge is 0.379 e. The van der Waals surface area contributed by atoms with Crippen LogP contribution in [-0.4, -0.2) is 19.9 Å². The maximum atomic E-state index is 13.4. The third kappa shape index (κ3) is 4.46. The van der Waals surface area contributed by atoms with Crippen molar-refractivity contribution in [1.82, 2.24) is 0 Å². The molecule has 4 rings (SSSR count). The van der Waals surface area contributed by atoms with Crippen LogP contribution in [0.5, 0.6) is 0 Å². The lowest BCUT2D eigenvalue weighted by Gasteiger charge is -2.30. The summed E-state index contributed by atoms with van der Waals surface area (Å²) in [4.78, 5) is 11.0. The molecule has 0 spiro atoms. The van der Waals surface area contributed by atoms with Crippen LogP contribution in [0.3, 0.4) is 0 Å². The number of fused-ring (bicyclic) bond motifs is 1. The summed E-state index contributed by atoms with van der Waals surface area (Å²) < 4.78 is 28.9. The van der Waals surface area contributed by atoms with E-state index in [1.54, 1.807) is 12.1 Å². The molecule has 0 aliphatic carbocycles. The Morgan fingerprint density at radius 1 is 1.12 bits per heavy atom. The van der Waals surface area contributed by atoms with Crippen molar-refractivity contribution in [3.63, 3.8) is 0 Å². The van der Waals surface area contributed by atoms with Crippen molar-refractivity contribution in [2.75, 3.05) is 16.2 Å². The molecule has 0 unspecified atom stereocenters. The molecule has 0 radical (unpaired) electrons. The second-order valence-corrected chi connectivity index (χ2v) is 10.5. The van der Waals surface area contributed by atoms with Crippen molar-refractivity contribution in [3.05, 3.63) is 91.4 Å². The van der Waals surface area contributed by atoms with Gasteiger partial charge in [0.05, 0.1) is 26.2 Å². The topological polar surface area (TPSA) is 92.5 Å². The summed E-state index contributed by atoms with van der Waals surface area (Å²) in [5, 5.41) is 14.7. The molecule has 0 aromatic heterocycles. The molecule has 0 fully saturated rings. The Hall–Kier alpha value is -2.62. The Morgan fingerprint density at radius 2 is 1.91 bits per heavy atom. The van der Waals surface area contributed by atoms with Crippen LogP contribution in [0.2, 0.25) is 5.02 Å². The first kappa shape index (κ1) is 22.6. The van der Waals surface area contributed by atoms with Gasteiger partial charge in [0.15, 0.2) is 0 Å². The summed E-state index contributed by atoms with van der Waals surface area (Å²) in [6.07, 6.45) is 1.57. The first-order valence-electron chi connectivity index (χ1n) is 9.84. The van der Waals surface area contributed by atoms with E-state index in [0.717, 1.165) is 18.4 Å². The summed E-state index contributed by atoms with van der Waals surface area (Å²) in [5.41, 5.74) is 2.48. The van der Waals surface area contributed by atoms with Gasteiger partial charge in [0, 0.05) is 29.2 Å². The molecule has 0 amide bonds. The van der Waals surface area contributed by atoms with E-state index in [1.807, 2.05) is 24.3 Å². The van der Waals surface area contributed by atoms with Crippen molar-refractivity contribution in [3.8, 4) is 0 Å². The van der Waals surface area contributed by atoms with Crippen LogP contribution in [0, 0.1) is 10.1 Å². The molecule has 3 aromatic carbocycles. The van der Waals surface area contributed by atoms with E-state index in [0.29, 0.717) is 33.0 Å². The summed E-state index contributed by atoms with van der Waals surface area (Å²) in [6, 6.07) is 16.7. The number of hydrogen-bond donors (Lipinski definition) is 1. The van der Waals surface area contributed by atoms with Gasteiger partial charge in [0.1, 0.15) is 0 Å².